The molecule has 1 aromatic carbocycles. The van der Waals surface area contributed by atoms with Gasteiger partial charge in [-0.15, -0.1) is 0 Å². The monoisotopic (exact) mass is 417 g/mol. The van der Waals surface area contributed by atoms with Crippen molar-refractivity contribution in [2.24, 2.45) is 5.92 Å². The van der Waals surface area contributed by atoms with Gasteiger partial charge in [0.15, 0.2) is 15.7 Å². The van der Waals surface area contributed by atoms with Gasteiger partial charge < -0.3 is 9.42 Å². The number of hydrogen-bond acceptors (Lipinski definition) is 6. The molecule has 0 radical (unpaired) electrons. The summed E-state index contributed by atoms with van der Waals surface area (Å²) in [6.45, 7) is 3.93. The van der Waals surface area contributed by atoms with E-state index in [0.717, 1.165) is 31.2 Å². The molecular weight excluding hydrogens is 390 g/mol. The first-order chi connectivity index (χ1) is 13.8. The lowest BCUT2D eigenvalue weighted by Gasteiger charge is -2.30. The van der Waals surface area contributed by atoms with Gasteiger partial charge in [-0.05, 0) is 51.0 Å². The Morgan fingerprint density at radius 3 is 2.48 bits per heavy atom. The van der Waals surface area contributed by atoms with E-state index in [4.69, 9.17) is 4.52 Å². The number of rotatable bonds is 9. The van der Waals surface area contributed by atoms with Gasteiger partial charge in [-0.25, -0.2) is 8.42 Å². The van der Waals surface area contributed by atoms with Crippen molar-refractivity contribution in [3.05, 3.63) is 47.6 Å². The Morgan fingerprint density at radius 2 is 1.86 bits per heavy atom. The fourth-order valence-corrected chi connectivity index (χ4v) is 4.69. The predicted octanol–water partition coefficient (Wildman–Crippen LogP) is 3.25. The van der Waals surface area contributed by atoms with Crippen LogP contribution in [-0.2, 0) is 21.2 Å². The standard InChI is InChI=1S/C21H27N3O4S/c1-14(17-8-9-17)24(12-16-6-4-3-5-7-16)19(25)13-29(26,27)15(2)21-22-20(23-28-21)18-10-11-18/h3-7,14-15,17-18H,8-13H2,1-2H3. The molecule has 2 aliphatic rings. The zero-order valence-electron chi connectivity index (χ0n) is 16.8. The van der Waals surface area contributed by atoms with Crippen LogP contribution in [0.3, 0.4) is 0 Å². The number of nitrogens with zero attached hydrogens (tertiary/aromatic N) is 3. The average Bonchev–Trinajstić information content (AvgIpc) is 3.63. The summed E-state index contributed by atoms with van der Waals surface area (Å²) in [5.74, 6) is 0.441. The lowest BCUT2D eigenvalue weighted by molar-refractivity contribution is -0.131. The number of benzene rings is 1. The van der Waals surface area contributed by atoms with Crippen LogP contribution in [0.15, 0.2) is 34.9 Å². The molecule has 0 aliphatic heterocycles. The minimum absolute atomic E-state index is 0.0121. The maximum Gasteiger partial charge on any atom is 0.244 e. The van der Waals surface area contributed by atoms with Crippen molar-refractivity contribution in [3.8, 4) is 0 Å². The molecule has 0 saturated heterocycles. The van der Waals surface area contributed by atoms with Crippen LogP contribution in [0.5, 0.6) is 0 Å². The molecule has 2 unspecified atom stereocenters. The Kier molecular flexibility index (Phi) is 5.46. The van der Waals surface area contributed by atoms with Gasteiger partial charge in [0.1, 0.15) is 11.0 Å². The second kappa shape index (κ2) is 7.89. The molecule has 0 N–H and O–H groups in total. The van der Waals surface area contributed by atoms with E-state index in [0.29, 0.717) is 18.3 Å². The van der Waals surface area contributed by atoms with Crippen LogP contribution in [0.4, 0.5) is 0 Å². The van der Waals surface area contributed by atoms with E-state index in [2.05, 4.69) is 10.1 Å². The first-order valence-electron chi connectivity index (χ1n) is 10.2. The van der Waals surface area contributed by atoms with E-state index in [9.17, 15) is 13.2 Å². The summed E-state index contributed by atoms with van der Waals surface area (Å²) < 4.78 is 31.0. The van der Waals surface area contributed by atoms with E-state index in [1.807, 2.05) is 37.3 Å². The summed E-state index contributed by atoms with van der Waals surface area (Å²) in [6.07, 6.45) is 4.17. The predicted molar refractivity (Wildman–Crippen MR) is 108 cm³/mol. The topological polar surface area (TPSA) is 93.4 Å². The van der Waals surface area contributed by atoms with Crippen molar-refractivity contribution in [2.75, 3.05) is 5.75 Å². The van der Waals surface area contributed by atoms with Gasteiger partial charge in [0.2, 0.25) is 11.8 Å². The largest absolute Gasteiger partial charge is 0.338 e. The van der Waals surface area contributed by atoms with Crippen molar-refractivity contribution in [1.82, 2.24) is 15.0 Å². The van der Waals surface area contributed by atoms with E-state index in [1.165, 1.54) is 6.92 Å². The second-order valence-corrected chi connectivity index (χ2v) is 10.6. The zero-order chi connectivity index (χ0) is 20.6. The van der Waals surface area contributed by atoms with E-state index < -0.39 is 20.8 Å². The maximum absolute atomic E-state index is 13.1. The fraction of sp³-hybridized carbons (Fsp3) is 0.571. The molecule has 2 fully saturated rings. The lowest BCUT2D eigenvalue weighted by atomic mass is 10.1. The third kappa shape index (κ3) is 4.69. The van der Waals surface area contributed by atoms with Crippen molar-refractivity contribution < 1.29 is 17.7 Å². The van der Waals surface area contributed by atoms with Crippen molar-refractivity contribution in [3.63, 3.8) is 0 Å². The Labute approximate surface area is 171 Å². The van der Waals surface area contributed by atoms with Crippen molar-refractivity contribution in [1.29, 1.82) is 0 Å². The number of amides is 1. The minimum Gasteiger partial charge on any atom is -0.338 e. The van der Waals surface area contributed by atoms with Gasteiger partial charge in [0.25, 0.3) is 0 Å². The SMILES string of the molecule is CC(C1CC1)N(Cc1ccccc1)C(=O)CS(=O)(=O)C(C)c1nc(C2CC2)no1. The molecule has 0 spiro atoms. The Bertz CT molecular complexity index is 965. The van der Waals surface area contributed by atoms with Gasteiger partial charge in [0.05, 0.1) is 0 Å². The summed E-state index contributed by atoms with van der Waals surface area (Å²) in [7, 11) is -3.77. The van der Waals surface area contributed by atoms with E-state index >= 15 is 0 Å². The molecule has 2 atom stereocenters. The van der Waals surface area contributed by atoms with Gasteiger partial charge >= 0.3 is 0 Å². The molecule has 0 bridgehead atoms. The van der Waals surface area contributed by atoms with Crippen LogP contribution >= 0.6 is 0 Å². The van der Waals surface area contributed by atoms with Crippen LogP contribution in [0.1, 0.15) is 68.0 Å². The molecule has 4 rings (SSSR count). The Morgan fingerprint density at radius 1 is 1.17 bits per heavy atom. The van der Waals surface area contributed by atoms with Crippen molar-refractivity contribution in [2.45, 2.75) is 63.3 Å². The summed E-state index contributed by atoms with van der Waals surface area (Å²) >= 11 is 0. The highest BCUT2D eigenvalue weighted by atomic mass is 32.2. The van der Waals surface area contributed by atoms with Crippen LogP contribution in [-0.4, -0.2) is 41.2 Å². The fourth-order valence-electron chi connectivity index (χ4n) is 3.53. The average molecular weight is 418 g/mol. The highest BCUT2D eigenvalue weighted by Crippen LogP contribution is 2.39. The molecule has 1 aromatic heterocycles. The maximum atomic E-state index is 13.1. The van der Waals surface area contributed by atoms with Gasteiger partial charge in [-0.1, -0.05) is 35.5 Å². The van der Waals surface area contributed by atoms with Crippen LogP contribution < -0.4 is 0 Å². The molecule has 156 valence electrons. The van der Waals surface area contributed by atoms with Gasteiger partial charge in [-0.2, -0.15) is 4.98 Å². The number of sulfone groups is 1. The van der Waals surface area contributed by atoms with Gasteiger partial charge in [0, 0.05) is 18.5 Å². The molecule has 29 heavy (non-hydrogen) atoms. The van der Waals surface area contributed by atoms with E-state index in [-0.39, 0.29) is 23.8 Å². The molecule has 2 aliphatic carbocycles. The van der Waals surface area contributed by atoms with Gasteiger partial charge in [-0.3, -0.25) is 4.79 Å². The zero-order valence-corrected chi connectivity index (χ0v) is 17.6. The quantitative estimate of drug-likeness (QED) is 0.622. The molecular formula is C21H27N3O4S. The summed E-state index contributed by atoms with van der Waals surface area (Å²) in [5.41, 5.74) is 0.991. The van der Waals surface area contributed by atoms with Crippen LogP contribution in [0, 0.1) is 5.92 Å². The molecule has 1 heterocycles. The third-order valence-electron chi connectivity index (χ3n) is 5.92. The second-order valence-electron chi connectivity index (χ2n) is 8.30. The summed E-state index contributed by atoms with van der Waals surface area (Å²) in [4.78, 5) is 19.0. The Balaban J connectivity index is 1.48. The third-order valence-corrected chi connectivity index (χ3v) is 7.85. The van der Waals surface area contributed by atoms with Crippen LogP contribution in [0.2, 0.25) is 0 Å². The minimum atomic E-state index is -3.77. The first-order valence-corrected chi connectivity index (χ1v) is 11.9. The van der Waals surface area contributed by atoms with Crippen molar-refractivity contribution >= 4 is 15.7 Å². The van der Waals surface area contributed by atoms with E-state index in [1.54, 1.807) is 4.90 Å². The normalized spacial score (nSPS) is 19.0. The molecule has 2 aromatic rings. The van der Waals surface area contributed by atoms with Crippen LogP contribution in [0.25, 0.3) is 0 Å². The highest BCUT2D eigenvalue weighted by Gasteiger charge is 2.38. The number of hydrogen-bond donors (Lipinski definition) is 0. The number of carbonyl (C=O) groups excluding carboxylic acids is 1. The summed E-state index contributed by atoms with van der Waals surface area (Å²) in [5, 5.41) is 2.90. The number of aromatic nitrogens is 2. The Hall–Kier alpha value is -2.22. The smallest absolute Gasteiger partial charge is 0.244 e. The molecule has 7 nitrogen and oxygen atoms in total. The summed E-state index contributed by atoms with van der Waals surface area (Å²) in [6, 6.07) is 9.69. The first kappa shape index (κ1) is 20.1. The molecule has 1 amide bonds. The molecule has 2 saturated carbocycles. The highest BCUT2D eigenvalue weighted by molar-refractivity contribution is 7.92. The number of carbonyl (C=O) groups is 1. The lowest BCUT2D eigenvalue weighted by Crippen LogP contribution is -2.42. The molecule has 8 heteroatoms.